The van der Waals surface area contributed by atoms with Gasteiger partial charge in [0.15, 0.2) is 11.2 Å². The third kappa shape index (κ3) is 3.00. The van der Waals surface area contributed by atoms with Gasteiger partial charge in [0.05, 0.1) is 12.5 Å². The van der Waals surface area contributed by atoms with E-state index in [-0.39, 0.29) is 28.3 Å². The number of hydrogen-bond donors (Lipinski definition) is 1. The maximum absolute atomic E-state index is 13.3. The molecule has 0 aliphatic heterocycles. The van der Waals surface area contributed by atoms with E-state index in [1.807, 2.05) is 46.8 Å². The van der Waals surface area contributed by atoms with E-state index >= 15 is 0 Å². The van der Waals surface area contributed by atoms with E-state index in [4.69, 9.17) is 9.15 Å². The molecule has 1 heterocycles. The van der Waals surface area contributed by atoms with Gasteiger partial charge in [-0.15, -0.1) is 0 Å². The molecule has 3 rings (SSSR count). The largest absolute Gasteiger partial charge is 0.507 e. The van der Waals surface area contributed by atoms with Crippen LogP contribution in [-0.4, -0.2) is 18.0 Å². The minimum absolute atomic E-state index is 0.122. The van der Waals surface area contributed by atoms with Gasteiger partial charge in [0.1, 0.15) is 28.6 Å². The summed E-state index contributed by atoms with van der Waals surface area (Å²) < 4.78 is 11.6. The number of aliphatic hydroxyl groups is 1. The van der Waals surface area contributed by atoms with Crippen molar-refractivity contribution < 1.29 is 19.1 Å². The van der Waals surface area contributed by atoms with Crippen molar-refractivity contribution in [1.82, 2.24) is 0 Å². The van der Waals surface area contributed by atoms with Crippen LogP contribution in [0.25, 0.3) is 17.1 Å². The highest BCUT2D eigenvalue weighted by Crippen LogP contribution is 2.45. The van der Waals surface area contributed by atoms with Gasteiger partial charge in [-0.05, 0) is 56.4 Å². The topological polar surface area (TPSA) is 76.7 Å². The Labute approximate surface area is 171 Å². The summed E-state index contributed by atoms with van der Waals surface area (Å²) in [6, 6.07) is 5.22. The zero-order valence-corrected chi connectivity index (χ0v) is 17.9. The standard InChI is InChI=1S/C24H28O5/c1-7-15-21(26)20-17(25)12-19(16-10-14(5)18(28-6)11-13(16)4)29-23(20)24(8-2,9-3)22(15)27/h10-12,26H,7-9H2,1-6H3. The molecule has 5 heteroatoms. The van der Waals surface area contributed by atoms with E-state index in [2.05, 4.69) is 0 Å². The molecule has 1 aromatic carbocycles. The van der Waals surface area contributed by atoms with E-state index in [0.717, 1.165) is 22.4 Å². The van der Waals surface area contributed by atoms with Crippen LogP contribution >= 0.6 is 0 Å². The van der Waals surface area contributed by atoms with Gasteiger partial charge in [-0.1, -0.05) is 20.8 Å². The molecule has 1 aromatic heterocycles. The van der Waals surface area contributed by atoms with Crippen molar-refractivity contribution in [2.75, 3.05) is 7.11 Å². The van der Waals surface area contributed by atoms with E-state index in [0.29, 0.717) is 30.6 Å². The predicted octanol–water partition coefficient (Wildman–Crippen LogP) is 5.25. The van der Waals surface area contributed by atoms with Crippen molar-refractivity contribution in [3.63, 3.8) is 0 Å². The number of fused-ring (bicyclic) bond motifs is 1. The number of benzene rings is 1. The Balaban J connectivity index is 2.37. The van der Waals surface area contributed by atoms with Crippen LogP contribution in [0.2, 0.25) is 0 Å². The number of aliphatic hydroxyl groups excluding tert-OH is 1. The van der Waals surface area contributed by atoms with E-state index in [9.17, 15) is 14.7 Å². The van der Waals surface area contributed by atoms with Crippen LogP contribution < -0.4 is 10.2 Å². The fourth-order valence-corrected chi connectivity index (χ4v) is 4.33. The second-order valence-electron chi connectivity index (χ2n) is 7.61. The predicted molar refractivity (Wildman–Crippen MR) is 114 cm³/mol. The van der Waals surface area contributed by atoms with Crippen LogP contribution in [-0.2, 0) is 10.2 Å². The molecule has 29 heavy (non-hydrogen) atoms. The van der Waals surface area contributed by atoms with Crippen LogP contribution in [0.15, 0.2) is 33.0 Å². The van der Waals surface area contributed by atoms with Crippen LogP contribution in [0, 0.1) is 13.8 Å². The van der Waals surface area contributed by atoms with Crippen molar-refractivity contribution in [2.45, 2.75) is 59.3 Å². The Morgan fingerprint density at radius 2 is 1.69 bits per heavy atom. The third-order valence-electron chi connectivity index (χ3n) is 6.18. The molecule has 0 radical (unpaired) electrons. The van der Waals surface area contributed by atoms with E-state index in [1.54, 1.807) is 7.11 Å². The minimum Gasteiger partial charge on any atom is -0.507 e. The second kappa shape index (κ2) is 7.54. The number of allylic oxidation sites excluding steroid dienone is 1. The number of methoxy groups -OCH3 is 1. The number of carbonyl (C=O) groups excluding carboxylic acids is 1. The summed E-state index contributed by atoms with van der Waals surface area (Å²) in [6.07, 6.45) is 1.34. The molecule has 5 nitrogen and oxygen atoms in total. The molecule has 0 fully saturated rings. The highest BCUT2D eigenvalue weighted by Gasteiger charge is 2.48. The summed E-state index contributed by atoms with van der Waals surface area (Å²) >= 11 is 0. The van der Waals surface area contributed by atoms with Gasteiger partial charge in [0, 0.05) is 17.2 Å². The number of Topliss-reactive ketones (excluding diaryl/α,β-unsaturated/α-hetero) is 1. The smallest absolute Gasteiger partial charge is 0.196 e. The maximum Gasteiger partial charge on any atom is 0.196 e. The Hall–Kier alpha value is -2.82. The van der Waals surface area contributed by atoms with Crippen molar-refractivity contribution in [3.05, 3.63) is 56.4 Å². The van der Waals surface area contributed by atoms with E-state index in [1.165, 1.54) is 6.07 Å². The number of aryl methyl sites for hydroxylation is 2. The third-order valence-corrected chi connectivity index (χ3v) is 6.18. The van der Waals surface area contributed by atoms with Gasteiger partial charge < -0.3 is 14.3 Å². The maximum atomic E-state index is 13.3. The normalized spacial score (nSPS) is 15.4. The first-order valence-electron chi connectivity index (χ1n) is 10.1. The summed E-state index contributed by atoms with van der Waals surface area (Å²) in [5.41, 5.74) is 1.72. The van der Waals surface area contributed by atoms with Crippen molar-refractivity contribution in [3.8, 4) is 17.1 Å². The molecule has 0 saturated heterocycles. The Morgan fingerprint density at radius 3 is 2.24 bits per heavy atom. The summed E-state index contributed by atoms with van der Waals surface area (Å²) in [7, 11) is 1.61. The number of ketones is 1. The SMILES string of the molecule is CCC1=C(O)c2c(oc(-c3cc(C)c(OC)cc3C)cc2=O)C(CC)(CC)C1=O. The Kier molecular flexibility index (Phi) is 5.44. The molecule has 0 saturated carbocycles. The molecule has 1 aliphatic carbocycles. The number of hydrogen-bond acceptors (Lipinski definition) is 5. The van der Waals surface area contributed by atoms with Gasteiger partial charge in [0.25, 0.3) is 0 Å². The molecule has 0 bridgehead atoms. The van der Waals surface area contributed by atoms with Crippen molar-refractivity contribution >= 4 is 11.5 Å². The lowest BCUT2D eigenvalue weighted by atomic mass is 9.68. The molecular formula is C24H28O5. The lowest BCUT2D eigenvalue weighted by Crippen LogP contribution is -2.41. The minimum atomic E-state index is -0.947. The second-order valence-corrected chi connectivity index (χ2v) is 7.61. The molecule has 0 unspecified atom stereocenters. The average Bonchev–Trinajstić information content (AvgIpc) is 2.70. The van der Waals surface area contributed by atoms with Crippen LogP contribution in [0.3, 0.4) is 0 Å². The zero-order chi connectivity index (χ0) is 21.5. The fraction of sp³-hybridized carbons (Fsp3) is 0.417. The van der Waals surface area contributed by atoms with Gasteiger partial charge in [0.2, 0.25) is 0 Å². The lowest BCUT2D eigenvalue weighted by molar-refractivity contribution is -0.122. The van der Waals surface area contributed by atoms with Crippen molar-refractivity contribution in [2.24, 2.45) is 0 Å². The van der Waals surface area contributed by atoms with Gasteiger partial charge >= 0.3 is 0 Å². The summed E-state index contributed by atoms with van der Waals surface area (Å²) in [4.78, 5) is 26.4. The van der Waals surface area contributed by atoms with Crippen LogP contribution in [0.5, 0.6) is 5.75 Å². The molecule has 0 spiro atoms. The lowest BCUT2D eigenvalue weighted by Gasteiger charge is -2.35. The van der Waals surface area contributed by atoms with Gasteiger partial charge in [-0.2, -0.15) is 0 Å². The van der Waals surface area contributed by atoms with Gasteiger partial charge in [-0.3, -0.25) is 9.59 Å². The number of ether oxygens (including phenoxy) is 1. The summed E-state index contributed by atoms with van der Waals surface area (Å²) in [6.45, 7) is 9.48. The molecule has 1 N–H and O–H groups in total. The number of rotatable bonds is 5. The molecule has 0 amide bonds. The molecular weight excluding hydrogens is 368 g/mol. The fourth-order valence-electron chi connectivity index (χ4n) is 4.33. The highest BCUT2D eigenvalue weighted by atomic mass is 16.5. The molecule has 154 valence electrons. The summed E-state index contributed by atoms with van der Waals surface area (Å²) in [5, 5.41) is 10.7. The van der Waals surface area contributed by atoms with Gasteiger partial charge in [-0.25, -0.2) is 0 Å². The van der Waals surface area contributed by atoms with E-state index < -0.39 is 5.41 Å². The Bertz CT molecular complexity index is 1070. The quantitative estimate of drug-likeness (QED) is 0.747. The van der Waals surface area contributed by atoms with Crippen LogP contribution in [0.4, 0.5) is 0 Å². The molecule has 2 aromatic rings. The average molecular weight is 396 g/mol. The van der Waals surface area contributed by atoms with Crippen LogP contribution in [0.1, 0.15) is 62.5 Å². The number of carbonyl (C=O) groups is 1. The summed E-state index contributed by atoms with van der Waals surface area (Å²) in [5.74, 6) is 1.03. The monoisotopic (exact) mass is 396 g/mol. The first kappa shape index (κ1) is 20.9. The zero-order valence-electron chi connectivity index (χ0n) is 17.9. The first-order valence-corrected chi connectivity index (χ1v) is 10.1. The first-order chi connectivity index (χ1) is 13.7. The molecule has 0 atom stereocenters. The van der Waals surface area contributed by atoms with Crippen molar-refractivity contribution in [1.29, 1.82) is 0 Å². The Morgan fingerprint density at radius 1 is 1.03 bits per heavy atom. The molecule has 1 aliphatic rings. The highest BCUT2D eigenvalue weighted by molar-refractivity contribution is 6.10.